The third-order valence-corrected chi connectivity index (χ3v) is 6.68. The van der Waals surface area contributed by atoms with Crippen LogP contribution in [0.1, 0.15) is 32.0 Å². The van der Waals surface area contributed by atoms with Crippen LogP contribution < -0.4 is 10.0 Å². The zero-order valence-electron chi connectivity index (χ0n) is 15.1. The number of hydrogen-bond donors (Lipinski definition) is 5. The molecule has 0 saturated heterocycles. The fraction of sp³-hybridized carbons (Fsp3) is 0.176. The number of hydrogen-bond acceptors (Lipinski definition) is 8. The van der Waals surface area contributed by atoms with E-state index in [2.05, 4.69) is 10.0 Å². The highest BCUT2D eigenvalue weighted by molar-refractivity contribution is 7.91. The van der Waals surface area contributed by atoms with Gasteiger partial charge in [0.25, 0.3) is 5.91 Å². The molecule has 0 bridgehead atoms. The number of thiophene rings is 1. The maximum atomic E-state index is 12.4. The molecule has 0 spiro atoms. The van der Waals surface area contributed by atoms with Crippen LogP contribution in [-0.2, 0) is 26.2 Å². The lowest BCUT2D eigenvalue weighted by atomic mass is 10.1. The zero-order valence-corrected chi connectivity index (χ0v) is 16.7. The lowest BCUT2D eigenvalue weighted by Gasteiger charge is -2.09. The number of benzene rings is 1. The number of nitrogens with one attached hydrogen (secondary N) is 2. The average Bonchev–Trinajstić information content (AvgIpc) is 3.17. The van der Waals surface area contributed by atoms with Gasteiger partial charge in [-0.15, -0.1) is 11.3 Å². The molecule has 13 heteroatoms. The second kappa shape index (κ2) is 9.47. The largest absolute Gasteiger partial charge is 0.507 e. The van der Waals surface area contributed by atoms with E-state index in [-0.39, 0.29) is 33.0 Å². The molecule has 1 heterocycles. The van der Waals surface area contributed by atoms with Crippen LogP contribution in [0.3, 0.4) is 0 Å². The van der Waals surface area contributed by atoms with E-state index in [9.17, 15) is 32.7 Å². The van der Waals surface area contributed by atoms with E-state index in [1.807, 2.05) is 0 Å². The molecule has 0 fully saturated rings. The highest BCUT2D eigenvalue weighted by Gasteiger charge is 2.22. The molecule has 5 N–H and O–H groups in total. The van der Waals surface area contributed by atoms with Crippen LogP contribution in [0.2, 0.25) is 0 Å². The zero-order chi connectivity index (χ0) is 22.5. The number of aliphatic carboxylic acids is 1. The SMILES string of the molecule is O=CC(CC(=O)O)NC(=O)c1ccc(S(=O)(=O)NCc2ccc(O)c(C(=O)O)c2)s1. The van der Waals surface area contributed by atoms with Crippen molar-refractivity contribution in [2.24, 2.45) is 0 Å². The fourth-order valence-corrected chi connectivity index (χ4v) is 4.53. The van der Waals surface area contributed by atoms with Crippen molar-refractivity contribution in [2.75, 3.05) is 0 Å². The highest BCUT2D eigenvalue weighted by Crippen LogP contribution is 2.23. The number of carboxylic acids is 2. The number of sulfonamides is 1. The van der Waals surface area contributed by atoms with Crippen LogP contribution >= 0.6 is 11.3 Å². The van der Waals surface area contributed by atoms with Crippen LogP contribution in [0, 0.1) is 0 Å². The van der Waals surface area contributed by atoms with E-state index in [4.69, 9.17) is 10.2 Å². The number of carbonyl (C=O) groups is 4. The molecule has 0 aliphatic heterocycles. The third-order valence-electron chi connectivity index (χ3n) is 3.70. The number of amides is 1. The monoisotopic (exact) mass is 456 g/mol. The van der Waals surface area contributed by atoms with Crippen molar-refractivity contribution in [3.63, 3.8) is 0 Å². The summed E-state index contributed by atoms with van der Waals surface area (Å²) in [4.78, 5) is 44.6. The van der Waals surface area contributed by atoms with Gasteiger partial charge in [-0.25, -0.2) is 17.9 Å². The summed E-state index contributed by atoms with van der Waals surface area (Å²) in [6.07, 6.45) is -0.347. The van der Waals surface area contributed by atoms with Gasteiger partial charge in [0.15, 0.2) is 0 Å². The van der Waals surface area contributed by atoms with Gasteiger partial charge in [-0.05, 0) is 29.8 Å². The number of carbonyl (C=O) groups excluding carboxylic acids is 2. The summed E-state index contributed by atoms with van der Waals surface area (Å²) in [6, 6.07) is 4.71. The Morgan fingerprint density at radius 1 is 1.13 bits per heavy atom. The first-order valence-corrected chi connectivity index (χ1v) is 10.5. The number of aromatic hydroxyl groups is 1. The predicted molar refractivity (Wildman–Crippen MR) is 103 cm³/mol. The van der Waals surface area contributed by atoms with Gasteiger partial charge in [0, 0.05) is 6.54 Å². The van der Waals surface area contributed by atoms with Crippen molar-refractivity contribution in [3.8, 4) is 5.75 Å². The Morgan fingerprint density at radius 3 is 2.43 bits per heavy atom. The van der Waals surface area contributed by atoms with Gasteiger partial charge < -0.3 is 25.4 Å². The topological polar surface area (TPSA) is 187 Å². The molecule has 11 nitrogen and oxygen atoms in total. The number of aldehydes is 1. The van der Waals surface area contributed by atoms with Crippen LogP contribution in [0.5, 0.6) is 5.75 Å². The van der Waals surface area contributed by atoms with E-state index < -0.39 is 46.1 Å². The summed E-state index contributed by atoms with van der Waals surface area (Å²) in [6.45, 7) is -0.270. The van der Waals surface area contributed by atoms with E-state index in [0.29, 0.717) is 11.3 Å². The van der Waals surface area contributed by atoms with Gasteiger partial charge in [-0.2, -0.15) is 0 Å². The van der Waals surface area contributed by atoms with Gasteiger partial charge in [-0.3, -0.25) is 9.59 Å². The summed E-state index contributed by atoms with van der Waals surface area (Å²) in [5, 5.41) is 29.3. The molecule has 0 aliphatic rings. The van der Waals surface area contributed by atoms with Crippen molar-refractivity contribution in [2.45, 2.75) is 23.2 Å². The molecule has 160 valence electrons. The van der Waals surface area contributed by atoms with E-state index >= 15 is 0 Å². The molecule has 0 aliphatic carbocycles. The maximum Gasteiger partial charge on any atom is 0.339 e. The minimum absolute atomic E-state index is 0.0505. The summed E-state index contributed by atoms with van der Waals surface area (Å²) in [7, 11) is -4.05. The molecule has 2 rings (SSSR count). The number of phenols is 1. The third kappa shape index (κ3) is 5.85. The average molecular weight is 456 g/mol. The molecule has 1 amide bonds. The minimum atomic E-state index is -4.05. The van der Waals surface area contributed by atoms with Gasteiger partial charge in [0.2, 0.25) is 10.0 Å². The Labute approximate surface area is 174 Å². The van der Waals surface area contributed by atoms with Gasteiger partial charge >= 0.3 is 11.9 Å². The molecule has 1 atom stereocenters. The summed E-state index contributed by atoms with van der Waals surface area (Å²) >= 11 is 0.605. The first kappa shape index (κ1) is 23.0. The second-order valence-electron chi connectivity index (χ2n) is 5.91. The smallest absolute Gasteiger partial charge is 0.339 e. The molecule has 1 aromatic heterocycles. The molecule has 30 heavy (non-hydrogen) atoms. The van der Waals surface area contributed by atoms with Crippen LogP contribution in [-0.4, -0.2) is 53.9 Å². The molecule has 0 saturated carbocycles. The quantitative estimate of drug-likeness (QED) is 0.315. The Kier molecular flexibility index (Phi) is 7.26. The van der Waals surface area contributed by atoms with Crippen molar-refractivity contribution >= 4 is 45.5 Å². The van der Waals surface area contributed by atoms with Gasteiger partial charge in [0.05, 0.1) is 17.3 Å². The molecule has 1 unspecified atom stereocenters. The first-order chi connectivity index (χ1) is 14.0. The fourth-order valence-electron chi connectivity index (χ4n) is 2.26. The molecular formula is C17H16N2O9S2. The van der Waals surface area contributed by atoms with E-state index in [0.717, 1.165) is 18.2 Å². The van der Waals surface area contributed by atoms with Crippen molar-refractivity contribution in [3.05, 3.63) is 46.3 Å². The number of carboxylic acid groups (broad SMARTS) is 2. The Hall–Kier alpha value is -3.29. The van der Waals surface area contributed by atoms with E-state index in [1.54, 1.807) is 0 Å². The van der Waals surface area contributed by atoms with Crippen LogP contribution in [0.4, 0.5) is 0 Å². The molecule has 2 aromatic rings. The summed E-state index contributed by atoms with van der Waals surface area (Å²) < 4.78 is 26.9. The van der Waals surface area contributed by atoms with Crippen molar-refractivity contribution < 1.29 is 42.9 Å². The predicted octanol–water partition coefficient (Wildman–Crippen LogP) is 0.402. The van der Waals surface area contributed by atoms with Crippen molar-refractivity contribution in [1.82, 2.24) is 10.0 Å². The van der Waals surface area contributed by atoms with Crippen LogP contribution in [0.25, 0.3) is 0 Å². The van der Waals surface area contributed by atoms with Gasteiger partial charge in [-0.1, -0.05) is 6.07 Å². The van der Waals surface area contributed by atoms with Crippen molar-refractivity contribution in [1.29, 1.82) is 0 Å². The Morgan fingerprint density at radius 2 is 1.83 bits per heavy atom. The van der Waals surface area contributed by atoms with Crippen LogP contribution in [0.15, 0.2) is 34.5 Å². The maximum absolute atomic E-state index is 12.4. The normalized spacial score (nSPS) is 12.1. The molecular weight excluding hydrogens is 440 g/mol. The van der Waals surface area contributed by atoms with Gasteiger partial charge in [0.1, 0.15) is 21.8 Å². The molecule has 0 radical (unpaired) electrons. The lowest BCUT2D eigenvalue weighted by Crippen LogP contribution is -2.37. The summed E-state index contributed by atoms with van der Waals surface area (Å²) in [5.41, 5.74) is -0.0985. The summed E-state index contributed by atoms with van der Waals surface area (Å²) in [5.74, 6) is -3.92. The standard InChI is InChI=1S/C17H16N2O9S2/c20-8-10(6-14(22)23)19-16(24)13-3-4-15(29-13)30(27,28)18-7-9-1-2-12(21)11(5-9)17(25)26/h1-5,8,10,18,21H,6-7H2,(H,19,24)(H,22,23)(H,25,26). The Balaban J connectivity index is 2.09. The highest BCUT2D eigenvalue weighted by atomic mass is 32.2. The number of aromatic carboxylic acids is 1. The Bertz CT molecular complexity index is 1090. The lowest BCUT2D eigenvalue weighted by molar-refractivity contribution is -0.138. The number of rotatable bonds is 10. The van der Waals surface area contributed by atoms with E-state index in [1.165, 1.54) is 12.1 Å². The second-order valence-corrected chi connectivity index (χ2v) is 8.99. The minimum Gasteiger partial charge on any atom is -0.507 e. The first-order valence-electron chi connectivity index (χ1n) is 8.16. The molecule has 1 aromatic carbocycles.